The molecule has 0 radical (unpaired) electrons. The number of nitrogens with zero attached hydrogens (tertiary/aromatic N) is 4. The maximum absolute atomic E-state index is 14.3. The molecular weight excluding hydrogens is 560 g/mol. The van der Waals surface area contributed by atoms with Crippen LogP contribution >= 0.6 is 23.5 Å². The first-order valence-corrected chi connectivity index (χ1v) is 15.7. The van der Waals surface area contributed by atoms with Gasteiger partial charge in [0.2, 0.25) is 0 Å². The van der Waals surface area contributed by atoms with E-state index in [1.54, 1.807) is 6.07 Å². The molecule has 9 rings (SSSR count). The summed E-state index contributed by atoms with van der Waals surface area (Å²) < 4.78 is 44.1. The molecule has 2 aliphatic carbocycles. The lowest BCUT2D eigenvalue weighted by molar-refractivity contribution is 0.162. The molecular formula is C30H31FN6O2S2. The Bertz CT molecular complexity index is 1390. The summed E-state index contributed by atoms with van der Waals surface area (Å²) in [5.41, 5.74) is 2.98. The predicted molar refractivity (Wildman–Crippen MR) is 155 cm³/mol. The average molecular weight is 591 g/mol. The van der Waals surface area contributed by atoms with Crippen molar-refractivity contribution >= 4 is 23.5 Å². The van der Waals surface area contributed by atoms with Crippen LogP contribution in [0.4, 0.5) is 4.39 Å². The van der Waals surface area contributed by atoms with Crippen LogP contribution in [0, 0.1) is 29.5 Å². The second-order valence-electron chi connectivity index (χ2n) is 11.6. The van der Waals surface area contributed by atoms with Crippen LogP contribution in [0.25, 0.3) is 0 Å². The molecule has 212 valence electrons. The third-order valence-electron chi connectivity index (χ3n) is 9.19. The fourth-order valence-electron chi connectivity index (χ4n) is 6.84. The van der Waals surface area contributed by atoms with Crippen LogP contribution in [-0.4, -0.2) is 55.9 Å². The Labute approximate surface area is 247 Å². The minimum absolute atomic E-state index is 0.00817. The molecule has 6 heterocycles. The smallest absolute Gasteiger partial charge is 0.250 e. The molecule has 2 N–H and O–H groups in total. The molecule has 0 unspecified atom stereocenters. The Balaban J connectivity index is 0.966. The molecule has 41 heavy (non-hydrogen) atoms. The molecule has 11 heteroatoms. The van der Waals surface area contributed by atoms with E-state index in [1.165, 1.54) is 35.6 Å². The third kappa shape index (κ3) is 5.44. The molecule has 6 aliphatic rings. The van der Waals surface area contributed by atoms with Gasteiger partial charge in [-0.05, 0) is 69.6 Å². The molecule has 0 amide bonds. The van der Waals surface area contributed by atoms with Crippen molar-refractivity contribution in [2.24, 2.45) is 0 Å². The zero-order valence-corrected chi connectivity index (χ0v) is 24.3. The first-order valence-electron chi connectivity index (χ1n) is 14.3. The van der Waals surface area contributed by atoms with E-state index < -0.39 is 0 Å². The van der Waals surface area contributed by atoms with Gasteiger partial charge in [-0.1, -0.05) is 23.7 Å². The van der Waals surface area contributed by atoms with E-state index in [0.717, 1.165) is 75.8 Å². The number of nitrogens with one attached hydrogen (secondary N) is 2. The lowest BCUT2D eigenvalue weighted by Gasteiger charge is -2.46. The van der Waals surface area contributed by atoms with E-state index in [0.29, 0.717) is 35.0 Å². The van der Waals surface area contributed by atoms with Crippen LogP contribution in [0.5, 0.6) is 11.8 Å². The minimum atomic E-state index is -0.390. The Morgan fingerprint density at radius 2 is 1.20 bits per heavy atom. The van der Waals surface area contributed by atoms with Crippen molar-refractivity contribution < 1.29 is 13.9 Å². The monoisotopic (exact) mass is 590 g/mol. The van der Waals surface area contributed by atoms with Crippen molar-refractivity contribution in [1.29, 1.82) is 0 Å². The summed E-state index contributed by atoms with van der Waals surface area (Å²) in [5.74, 6) is 12.7. The number of rotatable bonds is 6. The van der Waals surface area contributed by atoms with Gasteiger partial charge in [-0.25, -0.2) is 4.39 Å². The van der Waals surface area contributed by atoms with Crippen molar-refractivity contribution in [1.82, 2.24) is 28.1 Å². The summed E-state index contributed by atoms with van der Waals surface area (Å²) in [6.45, 7) is 2.14. The highest BCUT2D eigenvalue weighted by Crippen LogP contribution is 2.46. The third-order valence-corrected chi connectivity index (χ3v) is 10.2. The standard InChI is InChI=1S/C30H31FN6O2S2/c31-22-16-20(3-1-13-38-27-25(34-40-36-27)29-9-5-23(6-10-29)32-18-29)15-21(17-22)4-2-14-39-28-26(35-41-37-28)30-11-7-24(8-12-30)33-19-30/h15-17,23-24,32-33H,5-14,18-19H2. The molecule has 2 aromatic heterocycles. The first-order chi connectivity index (χ1) is 20.1. The second kappa shape index (κ2) is 11.3. The van der Waals surface area contributed by atoms with E-state index in [1.807, 2.05) is 0 Å². The highest BCUT2D eigenvalue weighted by atomic mass is 32.1. The van der Waals surface area contributed by atoms with E-state index in [-0.39, 0.29) is 29.9 Å². The quantitative estimate of drug-likeness (QED) is 0.417. The van der Waals surface area contributed by atoms with Crippen LogP contribution < -0.4 is 20.1 Å². The number of fused-ring (bicyclic) bond motifs is 6. The highest BCUT2D eigenvalue weighted by molar-refractivity contribution is 6.99. The lowest BCUT2D eigenvalue weighted by Crippen LogP contribution is -2.54. The zero-order valence-electron chi connectivity index (χ0n) is 22.7. The number of ether oxygens (including phenoxy) is 2. The summed E-state index contributed by atoms with van der Waals surface area (Å²) in [6, 6.07) is 5.83. The molecule has 0 spiro atoms. The lowest BCUT2D eigenvalue weighted by atomic mass is 9.67. The Morgan fingerprint density at radius 3 is 1.61 bits per heavy atom. The van der Waals surface area contributed by atoms with Gasteiger partial charge in [-0.2, -0.15) is 8.75 Å². The molecule has 4 bridgehead atoms. The molecule has 6 fully saturated rings. The summed E-state index contributed by atoms with van der Waals surface area (Å²) >= 11 is 2.37. The number of aromatic nitrogens is 4. The number of piperidine rings is 4. The number of halogens is 1. The fourth-order valence-corrected chi connectivity index (χ4v) is 8.06. The van der Waals surface area contributed by atoms with Crippen LogP contribution in [0.2, 0.25) is 0 Å². The maximum atomic E-state index is 14.3. The SMILES string of the molecule is Fc1cc(C#CCOc2nsnc2C23CCC(CC2)NC3)cc(C#CCOc2nsnc2C23CCC(CC2)NC3)c1. The van der Waals surface area contributed by atoms with Gasteiger partial charge >= 0.3 is 0 Å². The van der Waals surface area contributed by atoms with E-state index in [4.69, 9.17) is 9.47 Å². The highest BCUT2D eigenvalue weighted by Gasteiger charge is 2.46. The number of benzene rings is 1. The van der Waals surface area contributed by atoms with Crippen molar-refractivity contribution in [2.45, 2.75) is 74.3 Å². The summed E-state index contributed by atoms with van der Waals surface area (Å²) in [5, 5.41) is 7.22. The van der Waals surface area contributed by atoms with E-state index in [9.17, 15) is 4.39 Å². The van der Waals surface area contributed by atoms with Gasteiger partial charge < -0.3 is 20.1 Å². The van der Waals surface area contributed by atoms with Crippen molar-refractivity contribution in [3.8, 4) is 35.4 Å². The van der Waals surface area contributed by atoms with E-state index in [2.05, 4.69) is 51.8 Å². The van der Waals surface area contributed by atoms with Crippen LogP contribution in [0.3, 0.4) is 0 Å². The molecule has 2 saturated carbocycles. The molecule has 3 aromatic rings. The van der Waals surface area contributed by atoms with Gasteiger partial charge in [0, 0.05) is 47.1 Å². The van der Waals surface area contributed by atoms with Crippen LogP contribution in [0.1, 0.15) is 73.9 Å². The average Bonchev–Trinajstić information content (AvgIpc) is 3.70. The maximum Gasteiger partial charge on any atom is 0.250 e. The van der Waals surface area contributed by atoms with Gasteiger partial charge in [0.25, 0.3) is 11.8 Å². The molecule has 4 aliphatic heterocycles. The summed E-state index contributed by atoms with van der Waals surface area (Å²) in [6.07, 6.45) is 9.08. The number of hydrogen-bond acceptors (Lipinski definition) is 10. The largest absolute Gasteiger partial charge is 0.463 e. The van der Waals surface area contributed by atoms with Crippen molar-refractivity contribution in [3.63, 3.8) is 0 Å². The molecule has 0 atom stereocenters. The topological polar surface area (TPSA) is 94.1 Å². The Hall–Kier alpha value is -3.09. The van der Waals surface area contributed by atoms with Gasteiger partial charge in [0.15, 0.2) is 13.2 Å². The van der Waals surface area contributed by atoms with Gasteiger partial charge in [-0.15, -0.1) is 8.75 Å². The summed E-state index contributed by atoms with van der Waals surface area (Å²) in [7, 11) is 0. The van der Waals surface area contributed by atoms with Gasteiger partial charge in [0.1, 0.15) is 17.2 Å². The predicted octanol–water partition coefficient (Wildman–Crippen LogP) is 3.96. The van der Waals surface area contributed by atoms with Crippen molar-refractivity contribution in [2.75, 3.05) is 26.3 Å². The van der Waals surface area contributed by atoms with E-state index >= 15 is 0 Å². The van der Waals surface area contributed by atoms with Crippen LogP contribution in [0.15, 0.2) is 18.2 Å². The second-order valence-corrected chi connectivity index (χ2v) is 12.7. The van der Waals surface area contributed by atoms with Gasteiger partial charge in [-0.3, -0.25) is 0 Å². The normalized spacial score (nSPS) is 27.9. The Kier molecular flexibility index (Phi) is 7.38. The molecule has 1 aromatic carbocycles. The summed E-state index contributed by atoms with van der Waals surface area (Å²) in [4.78, 5) is 0. The van der Waals surface area contributed by atoms with Gasteiger partial charge in [0.05, 0.1) is 23.5 Å². The zero-order chi connectivity index (χ0) is 27.7. The van der Waals surface area contributed by atoms with Crippen LogP contribution in [-0.2, 0) is 10.8 Å². The Morgan fingerprint density at radius 1 is 0.732 bits per heavy atom. The fraction of sp³-hybridized carbons (Fsp3) is 0.533. The number of hydrogen-bond donors (Lipinski definition) is 2. The first kappa shape index (κ1) is 26.8. The van der Waals surface area contributed by atoms with Crippen molar-refractivity contribution in [3.05, 3.63) is 46.5 Å². The molecule has 8 nitrogen and oxygen atoms in total. The minimum Gasteiger partial charge on any atom is -0.463 e. The molecule has 4 saturated heterocycles.